The van der Waals surface area contributed by atoms with Gasteiger partial charge in [0.2, 0.25) is 5.91 Å². The molecule has 3 nitrogen and oxygen atoms in total. The highest BCUT2D eigenvalue weighted by molar-refractivity contribution is 5.85. The number of carbonyl (C=O) groups excluding carboxylic acids is 1. The van der Waals surface area contributed by atoms with E-state index in [2.05, 4.69) is 5.32 Å². The van der Waals surface area contributed by atoms with Crippen LogP contribution >= 0.6 is 12.4 Å². The summed E-state index contributed by atoms with van der Waals surface area (Å²) in [6.07, 6.45) is 3.56. The van der Waals surface area contributed by atoms with Crippen molar-refractivity contribution in [2.24, 2.45) is 11.7 Å². The zero-order chi connectivity index (χ0) is 15.6. The molecule has 0 radical (unpaired) electrons. The summed E-state index contributed by atoms with van der Waals surface area (Å²) >= 11 is 0. The van der Waals surface area contributed by atoms with Crippen LogP contribution < -0.4 is 11.1 Å². The van der Waals surface area contributed by atoms with E-state index in [1.807, 2.05) is 6.92 Å². The molecule has 2 rings (SSSR count). The van der Waals surface area contributed by atoms with Gasteiger partial charge in [-0.05, 0) is 32.8 Å². The van der Waals surface area contributed by atoms with Crippen LogP contribution in [0, 0.1) is 17.6 Å². The summed E-state index contributed by atoms with van der Waals surface area (Å²) in [5.41, 5.74) is 5.96. The maximum atomic E-state index is 13.7. The van der Waals surface area contributed by atoms with Crippen LogP contribution in [-0.2, 0) is 4.79 Å². The van der Waals surface area contributed by atoms with Crippen molar-refractivity contribution in [2.45, 2.75) is 51.1 Å². The summed E-state index contributed by atoms with van der Waals surface area (Å²) < 4.78 is 26.7. The largest absolute Gasteiger partial charge is 0.349 e. The van der Waals surface area contributed by atoms with E-state index in [0.717, 1.165) is 31.7 Å². The third-order valence-corrected chi connectivity index (χ3v) is 4.36. The number of amides is 1. The topological polar surface area (TPSA) is 55.1 Å². The molecule has 22 heavy (non-hydrogen) atoms. The number of hydrogen-bond donors (Lipinski definition) is 2. The quantitative estimate of drug-likeness (QED) is 0.890. The first-order valence-corrected chi connectivity index (χ1v) is 7.35. The molecule has 3 atom stereocenters. The number of halogens is 3. The summed E-state index contributed by atoms with van der Waals surface area (Å²) in [6, 6.07) is 2.86. The summed E-state index contributed by atoms with van der Waals surface area (Å²) in [6.45, 7) is 3.57. The smallest absolute Gasteiger partial charge is 0.225 e. The van der Waals surface area contributed by atoms with Crippen LogP contribution in [0.4, 0.5) is 8.78 Å². The SMILES string of the molecule is CC(NC(=O)C1CCCCC1(C)N)c1ccc(F)cc1F.Cl. The third-order valence-electron chi connectivity index (χ3n) is 4.36. The average molecular weight is 333 g/mol. The van der Waals surface area contributed by atoms with E-state index in [4.69, 9.17) is 5.73 Å². The van der Waals surface area contributed by atoms with Gasteiger partial charge in [-0.25, -0.2) is 8.78 Å². The normalized spacial score (nSPS) is 26.0. The maximum Gasteiger partial charge on any atom is 0.225 e. The lowest BCUT2D eigenvalue weighted by Crippen LogP contribution is -2.53. The number of carbonyl (C=O) groups is 1. The predicted molar refractivity (Wildman–Crippen MR) is 84.7 cm³/mol. The monoisotopic (exact) mass is 332 g/mol. The molecule has 1 aromatic rings. The van der Waals surface area contributed by atoms with Gasteiger partial charge in [-0.15, -0.1) is 12.4 Å². The van der Waals surface area contributed by atoms with E-state index in [0.29, 0.717) is 0 Å². The van der Waals surface area contributed by atoms with Gasteiger partial charge in [0.15, 0.2) is 0 Å². The number of nitrogens with two attached hydrogens (primary N) is 1. The predicted octanol–water partition coefficient (Wildman–Crippen LogP) is 3.47. The molecule has 1 aliphatic rings. The number of benzene rings is 1. The highest BCUT2D eigenvalue weighted by Crippen LogP contribution is 2.32. The Bertz CT molecular complexity index is 537. The van der Waals surface area contributed by atoms with Gasteiger partial charge in [-0.2, -0.15) is 0 Å². The highest BCUT2D eigenvalue weighted by Gasteiger charge is 2.38. The number of rotatable bonds is 3. The summed E-state index contributed by atoms with van der Waals surface area (Å²) in [5.74, 6) is -1.70. The van der Waals surface area contributed by atoms with Crippen LogP contribution in [0.3, 0.4) is 0 Å². The molecule has 124 valence electrons. The fraction of sp³-hybridized carbons (Fsp3) is 0.562. The second-order valence-corrected chi connectivity index (χ2v) is 6.20. The Morgan fingerprint density at radius 2 is 2.09 bits per heavy atom. The second kappa shape index (κ2) is 7.38. The molecule has 6 heteroatoms. The van der Waals surface area contributed by atoms with Crippen molar-refractivity contribution in [3.63, 3.8) is 0 Å². The van der Waals surface area contributed by atoms with Crippen molar-refractivity contribution < 1.29 is 13.6 Å². The lowest BCUT2D eigenvalue weighted by Gasteiger charge is -2.37. The van der Waals surface area contributed by atoms with Crippen molar-refractivity contribution in [2.75, 3.05) is 0 Å². The van der Waals surface area contributed by atoms with Crippen molar-refractivity contribution in [3.8, 4) is 0 Å². The molecule has 3 unspecified atom stereocenters. The van der Waals surface area contributed by atoms with Gasteiger partial charge in [0.1, 0.15) is 11.6 Å². The molecule has 0 bridgehead atoms. The summed E-state index contributed by atoms with van der Waals surface area (Å²) in [5, 5.41) is 2.80. The molecule has 0 aliphatic heterocycles. The standard InChI is InChI=1S/C16H22F2N2O.ClH/c1-10(12-7-6-11(17)9-14(12)18)20-15(21)13-5-3-4-8-16(13,2)19;/h6-7,9-10,13H,3-5,8,19H2,1-2H3,(H,20,21);1H. The number of hydrogen-bond acceptors (Lipinski definition) is 2. The molecule has 0 aromatic heterocycles. The van der Waals surface area contributed by atoms with Gasteiger partial charge >= 0.3 is 0 Å². The molecule has 3 N–H and O–H groups in total. The van der Waals surface area contributed by atoms with E-state index >= 15 is 0 Å². The van der Waals surface area contributed by atoms with Crippen LogP contribution in [0.2, 0.25) is 0 Å². The van der Waals surface area contributed by atoms with E-state index in [1.54, 1.807) is 6.92 Å². The Morgan fingerprint density at radius 3 is 2.68 bits per heavy atom. The Hall–Kier alpha value is -1.20. The van der Waals surface area contributed by atoms with Gasteiger partial charge in [-0.3, -0.25) is 4.79 Å². The van der Waals surface area contributed by atoms with Crippen LogP contribution in [0.25, 0.3) is 0 Å². The van der Waals surface area contributed by atoms with Crippen LogP contribution in [0.15, 0.2) is 18.2 Å². The zero-order valence-electron chi connectivity index (χ0n) is 12.9. The Balaban J connectivity index is 0.00000242. The molecule has 1 fully saturated rings. The molecule has 1 aromatic carbocycles. The molecule has 1 saturated carbocycles. The van der Waals surface area contributed by atoms with E-state index < -0.39 is 23.2 Å². The lowest BCUT2D eigenvalue weighted by molar-refractivity contribution is -0.128. The second-order valence-electron chi connectivity index (χ2n) is 6.20. The van der Waals surface area contributed by atoms with Crippen molar-refractivity contribution in [1.29, 1.82) is 0 Å². The number of nitrogens with one attached hydrogen (secondary N) is 1. The molecule has 1 amide bonds. The van der Waals surface area contributed by atoms with E-state index in [1.165, 1.54) is 12.1 Å². The minimum atomic E-state index is -0.651. The van der Waals surface area contributed by atoms with Crippen molar-refractivity contribution >= 4 is 18.3 Å². The molecule has 0 heterocycles. The van der Waals surface area contributed by atoms with Crippen LogP contribution in [0.1, 0.15) is 51.1 Å². The van der Waals surface area contributed by atoms with Gasteiger partial charge in [0.25, 0.3) is 0 Å². The summed E-state index contributed by atoms with van der Waals surface area (Å²) in [7, 11) is 0. The molecule has 0 spiro atoms. The summed E-state index contributed by atoms with van der Waals surface area (Å²) in [4.78, 5) is 12.4. The Morgan fingerprint density at radius 1 is 1.41 bits per heavy atom. The third kappa shape index (κ3) is 4.17. The Labute approximate surface area is 136 Å². The first-order chi connectivity index (χ1) is 9.81. The van der Waals surface area contributed by atoms with E-state index in [9.17, 15) is 13.6 Å². The first kappa shape index (κ1) is 18.8. The van der Waals surface area contributed by atoms with Crippen LogP contribution in [0.5, 0.6) is 0 Å². The fourth-order valence-electron chi connectivity index (χ4n) is 3.03. The van der Waals surface area contributed by atoms with Gasteiger partial charge in [-0.1, -0.05) is 18.9 Å². The highest BCUT2D eigenvalue weighted by atomic mass is 35.5. The first-order valence-electron chi connectivity index (χ1n) is 7.35. The fourth-order valence-corrected chi connectivity index (χ4v) is 3.03. The zero-order valence-corrected chi connectivity index (χ0v) is 13.7. The van der Waals surface area contributed by atoms with Crippen molar-refractivity contribution in [3.05, 3.63) is 35.4 Å². The van der Waals surface area contributed by atoms with Gasteiger partial charge in [0, 0.05) is 17.2 Å². The van der Waals surface area contributed by atoms with Gasteiger partial charge < -0.3 is 11.1 Å². The molecular weight excluding hydrogens is 310 g/mol. The van der Waals surface area contributed by atoms with Gasteiger partial charge in [0.05, 0.1) is 12.0 Å². The molecular formula is C16H23ClF2N2O. The van der Waals surface area contributed by atoms with E-state index in [-0.39, 0.29) is 29.8 Å². The lowest BCUT2D eigenvalue weighted by atomic mass is 9.74. The minimum absolute atomic E-state index is 0. The van der Waals surface area contributed by atoms with Crippen LogP contribution in [-0.4, -0.2) is 11.4 Å². The average Bonchev–Trinajstić information content (AvgIpc) is 2.37. The molecule has 0 saturated heterocycles. The minimum Gasteiger partial charge on any atom is -0.349 e. The van der Waals surface area contributed by atoms with Crippen molar-refractivity contribution in [1.82, 2.24) is 5.32 Å². The Kier molecular flexibility index (Phi) is 6.32. The maximum absolute atomic E-state index is 13.7. The molecule has 1 aliphatic carbocycles.